The summed E-state index contributed by atoms with van der Waals surface area (Å²) < 4.78 is 8.97. The molecule has 24 heavy (non-hydrogen) atoms. The molecule has 1 N–H and O–H groups in total. The summed E-state index contributed by atoms with van der Waals surface area (Å²) >= 11 is 0. The summed E-state index contributed by atoms with van der Waals surface area (Å²) in [5.41, 5.74) is 4.01. The Morgan fingerprint density at radius 2 is 2.25 bits per heavy atom. The minimum atomic E-state index is -0.361. The van der Waals surface area contributed by atoms with Gasteiger partial charge >= 0.3 is 0 Å². The van der Waals surface area contributed by atoms with Crippen molar-refractivity contribution in [2.45, 2.75) is 32.5 Å². The van der Waals surface area contributed by atoms with Gasteiger partial charge in [0.25, 0.3) is 5.91 Å². The highest BCUT2D eigenvalue weighted by Crippen LogP contribution is 2.30. The van der Waals surface area contributed by atoms with Crippen LogP contribution in [0.4, 0.5) is 0 Å². The predicted molar refractivity (Wildman–Crippen MR) is 84.3 cm³/mol. The number of pyridine rings is 1. The Kier molecular flexibility index (Phi) is 3.47. The van der Waals surface area contributed by atoms with Gasteiger partial charge in [-0.1, -0.05) is 18.6 Å². The van der Waals surface area contributed by atoms with Crippen molar-refractivity contribution in [2.75, 3.05) is 18.6 Å². The third kappa shape index (κ3) is 2.15. The van der Waals surface area contributed by atoms with Gasteiger partial charge in [-0.3, -0.25) is 19.7 Å². The number of carbonyl (C=O) groups excluding carboxylic acids is 1. The lowest BCUT2D eigenvalue weighted by Gasteiger charge is -2.41. The second-order valence-electron chi connectivity index (χ2n) is 5.84. The molecule has 2 aromatic heterocycles. The van der Waals surface area contributed by atoms with E-state index in [2.05, 4.69) is 15.7 Å². The molecule has 4 rings (SSSR count). The van der Waals surface area contributed by atoms with Crippen molar-refractivity contribution in [3.63, 3.8) is 0 Å². The first-order valence-corrected chi connectivity index (χ1v) is 8.05. The molecule has 0 aromatic carbocycles. The van der Waals surface area contributed by atoms with Crippen LogP contribution >= 0.6 is 0 Å². The van der Waals surface area contributed by atoms with E-state index in [9.17, 15) is 9.59 Å². The smallest absolute Gasteiger partial charge is 0.278 e. The average molecular weight is 330 g/mol. The second-order valence-corrected chi connectivity index (χ2v) is 5.84. The molecule has 126 valence electrons. The summed E-state index contributed by atoms with van der Waals surface area (Å²) in [6.45, 7) is 3.52. The minimum Gasteiger partial charge on any atom is -0.487 e. The molecule has 0 saturated carbocycles. The van der Waals surface area contributed by atoms with Crippen LogP contribution in [-0.2, 0) is 6.54 Å². The number of amides is 1. The summed E-state index contributed by atoms with van der Waals surface area (Å²) in [7, 11) is 0. The zero-order chi connectivity index (χ0) is 16.7. The zero-order valence-corrected chi connectivity index (χ0v) is 13.3. The fourth-order valence-electron chi connectivity index (χ4n) is 3.05. The maximum absolute atomic E-state index is 13.0. The Hall–Kier alpha value is -2.84. The van der Waals surface area contributed by atoms with Gasteiger partial charge in [-0.05, 0) is 6.42 Å². The first-order valence-electron chi connectivity index (χ1n) is 8.05. The van der Waals surface area contributed by atoms with E-state index < -0.39 is 0 Å². The van der Waals surface area contributed by atoms with E-state index in [1.807, 2.05) is 6.92 Å². The second kappa shape index (κ2) is 5.66. The van der Waals surface area contributed by atoms with Gasteiger partial charge in [0.15, 0.2) is 17.6 Å². The van der Waals surface area contributed by atoms with E-state index in [1.54, 1.807) is 26.7 Å². The summed E-state index contributed by atoms with van der Waals surface area (Å²) in [5, 5.41) is 7.92. The topological polar surface area (TPSA) is 94.3 Å². The van der Waals surface area contributed by atoms with Gasteiger partial charge in [-0.15, -0.1) is 5.10 Å². The number of ether oxygens (including phenoxy) is 1. The van der Waals surface area contributed by atoms with Crippen molar-refractivity contribution in [1.29, 1.82) is 0 Å². The van der Waals surface area contributed by atoms with Crippen LogP contribution in [0, 0.1) is 0 Å². The van der Waals surface area contributed by atoms with Crippen LogP contribution in [0.3, 0.4) is 0 Å². The lowest BCUT2D eigenvalue weighted by atomic mass is 10.1. The number of aromatic nitrogens is 4. The molecule has 0 spiro atoms. The van der Waals surface area contributed by atoms with Gasteiger partial charge in [-0.25, -0.2) is 4.68 Å². The van der Waals surface area contributed by atoms with Crippen LogP contribution < -0.4 is 15.6 Å². The monoisotopic (exact) mass is 330 g/mol. The Morgan fingerprint density at radius 1 is 1.38 bits per heavy atom. The van der Waals surface area contributed by atoms with Crippen molar-refractivity contribution in [2.24, 2.45) is 0 Å². The highest BCUT2D eigenvalue weighted by atomic mass is 16.5. The molecule has 1 atom stereocenters. The maximum Gasteiger partial charge on any atom is 0.278 e. The first-order chi connectivity index (χ1) is 11.7. The summed E-state index contributed by atoms with van der Waals surface area (Å²) in [5.74, 6) is -0.116. The van der Waals surface area contributed by atoms with Crippen LogP contribution in [0.5, 0.6) is 5.75 Å². The highest BCUT2D eigenvalue weighted by Gasteiger charge is 2.39. The Morgan fingerprint density at radius 3 is 3.08 bits per heavy atom. The van der Waals surface area contributed by atoms with E-state index in [1.165, 1.54) is 6.07 Å². The van der Waals surface area contributed by atoms with Crippen molar-refractivity contribution in [1.82, 2.24) is 24.6 Å². The fourth-order valence-corrected chi connectivity index (χ4v) is 3.05. The van der Waals surface area contributed by atoms with Gasteiger partial charge in [0.2, 0.25) is 5.43 Å². The molecular weight excluding hydrogens is 312 g/mol. The van der Waals surface area contributed by atoms with Crippen molar-refractivity contribution in [3.8, 4) is 5.75 Å². The van der Waals surface area contributed by atoms with E-state index in [4.69, 9.17) is 4.74 Å². The summed E-state index contributed by atoms with van der Waals surface area (Å²) in [6, 6.07) is 1.40. The molecule has 9 heteroatoms. The average Bonchev–Trinajstić information content (AvgIpc) is 3.06. The molecule has 2 aromatic rings. The first kappa shape index (κ1) is 14.7. The van der Waals surface area contributed by atoms with Crippen LogP contribution in [-0.4, -0.2) is 43.6 Å². The summed E-state index contributed by atoms with van der Waals surface area (Å²) in [4.78, 5) is 26.9. The third-order valence-electron chi connectivity index (χ3n) is 4.32. The predicted octanol–water partition coefficient (Wildman–Crippen LogP) is 0.330. The molecule has 9 nitrogen and oxygen atoms in total. The quantitative estimate of drug-likeness (QED) is 0.812. The van der Waals surface area contributed by atoms with E-state index >= 15 is 0 Å². The molecule has 2 aliphatic rings. The Labute approximate surface area is 137 Å². The number of hydrogen-bond acceptors (Lipinski definition) is 6. The van der Waals surface area contributed by atoms with E-state index in [0.717, 1.165) is 18.5 Å². The third-order valence-corrected chi connectivity index (χ3v) is 4.32. The molecule has 2 aliphatic heterocycles. The van der Waals surface area contributed by atoms with Gasteiger partial charge in [0.05, 0.1) is 19.3 Å². The van der Waals surface area contributed by atoms with E-state index in [0.29, 0.717) is 19.7 Å². The van der Waals surface area contributed by atoms with Crippen molar-refractivity contribution in [3.05, 3.63) is 40.1 Å². The Bertz CT molecular complexity index is 842. The van der Waals surface area contributed by atoms with Crippen LogP contribution in [0.1, 0.15) is 42.1 Å². The highest BCUT2D eigenvalue weighted by molar-refractivity contribution is 5.96. The largest absolute Gasteiger partial charge is 0.487 e. The normalized spacial score (nSPS) is 18.5. The number of rotatable bonds is 4. The molecule has 0 fully saturated rings. The van der Waals surface area contributed by atoms with Crippen molar-refractivity contribution < 1.29 is 9.53 Å². The fraction of sp³-hybridized carbons (Fsp3) is 0.467. The molecular formula is C15H18N6O3. The van der Waals surface area contributed by atoms with Gasteiger partial charge in [0.1, 0.15) is 5.69 Å². The van der Waals surface area contributed by atoms with Gasteiger partial charge in [-0.2, -0.15) is 0 Å². The SMILES string of the molecule is CCCCOc1c2n(ccc1=O)NC1c3cnnn3CCN1C2=O. The van der Waals surface area contributed by atoms with Crippen molar-refractivity contribution >= 4 is 5.91 Å². The molecule has 4 heterocycles. The maximum atomic E-state index is 13.0. The van der Waals surface area contributed by atoms with Gasteiger partial charge < -0.3 is 9.64 Å². The Balaban J connectivity index is 1.75. The molecule has 0 aliphatic carbocycles. The standard InChI is InChI=1S/C15H18N6O3/c1-2-3-8-24-13-11(22)4-5-21-12(13)15(23)19-6-7-20-10(9-16-18-20)14(19)17-21/h4-5,9,14,17H,2-3,6-8H2,1H3. The number of carbonyl (C=O) groups is 1. The van der Waals surface area contributed by atoms with Crippen LogP contribution in [0.15, 0.2) is 23.3 Å². The lowest BCUT2D eigenvalue weighted by Crippen LogP contribution is -2.52. The number of hydrogen-bond donors (Lipinski definition) is 1. The van der Waals surface area contributed by atoms with Gasteiger partial charge in [0, 0.05) is 18.8 Å². The number of nitrogens with one attached hydrogen (secondary N) is 1. The molecule has 0 saturated heterocycles. The minimum absolute atomic E-state index is 0.110. The van der Waals surface area contributed by atoms with E-state index in [-0.39, 0.29) is 28.9 Å². The number of fused-ring (bicyclic) bond motifs is 4. The number of unbranched alkanes of at least 4 members (excludes halogenated alkanes) is 1. The molecule has 1 unspecified atom stereocenters. The number of nitrogens with zero attached hydrogens (tertiary/aromatic N) is 5. The molecule has 1 amide bonds. The lowest BCUT2D eigenvalue weighted by molar-refractivity contribution is 0.0568. The zero-order valence-electron chi connectivity index (χ0n) is 13.3. The summed E-state index contributed by atoms with van der Waals surface area (Å²) in [6.07, 6.45) is 4.62. The molecule has 0 bridgehead atoms. The molecule has 0 radical (unpaired) electrons. The van der Waals surface area contributed by atoms with Crippen LogP contribution in [0.25, 0.3) is 0 Å². The van der Waals surface area contributed by atoms with Crippen LogP contribution in [0.2, 0.25) is 0 Å².